The largest absolute Gasteiger partial charge is 0.346 e. The first-order valence-electron chi connectivity index (χ1n) is 6.46. The van der Waals surface area contributed by atoms with Gasteiger partial charge in [-0.05, 0) is 24.5 Å². The van der Waals surface area contributed by atoms with E-state index >= 15 is 0 Å². The number of rotatable bonds is 3. The summed E-state index contributed by atoms with van der Waals surface area (Å²) in [6.07, 6.45) is 2.39. The van der Waals surface area contributed by atoms with Gasteiger partial charge in [0, 0.05) is 12.6 Å². The van der Waals surface area contributed by atoms with Gasteiger partial charge in [0.05, 0.1) is 6.04 Å². The summed E-state index contributed by atoms with van der Waals surface area (Å²) >= 11 is 0. The van der Waals surface area contributed by atoms with E-state index in [0.29, 0.717) is 6.42 Å². The number of amides is 1. The molecule has 0 aliphatic heterocycles. The molecule has 19 heavy (non-hydrogen) atoms. The number of pyridine rings is 1. The Morgan fingerprint density at radius 3 is 2.79 bits per heavy atom. The standard InChI is InChI=1S/C14H20N4O/c1-10(15-12(19)9-14(2,3)4)13-17-16-11-7-5-6-8-18(11)13/h5-8,10H,9H2,1-4H3,(H,15,19)/t10-/m1/s1. The Labute approximate surface area is 113 Å². The predicted molar refractivity (Wildman–Crippen MR) is 73.6 cm³/mol. The summed E-state index contributed by atoms with van der Waals surface area (Å²) in [5.74, 6) is 0.783. The van der Waals surface area contributed by atoms with Gasteiger partial charge < -0.3 is 5.32 Å². The van der Waals surface area contributed by atoms with E-state index in [-0.39, 0.29) is 17.4 Å². The van der Waals surface area contributed by atoms with Gasteiger partial charge in [0.1, 0.15) is 0 Å². The van der Waals surface area contributed by atoms with Crippen LogP contribution in [0, 0.1) is 5.41 Å². The fraction of sp³-hybridized carbons (Fsp3) is 0.500. The van der Waals surface area contributed by atoms with Gasteiger partial charge >= 0.3 is 0 Å². The van der Waals surface area contributed by atoms with Gasteiger partial charge in [-0.1, -0.05) is 26.8 Å². The van der Waals surface area contributed by atoms with Crippen molar-refractivity contribution in [2.24, 2.45) is 5.41 Å². The molecule has 2 rings (SSSR count). The molecule has 2 aromatic heterocycles. The van der Waals surface area contributed by atoms with Crippen molar-refractivity contribution in [3.05, 3.63) is 30.2 Å². The number of carbonyl (C=O) groups excluding carboxylic acids is 1. The zero-order valence-electron chi connectivity index (χ0n) is 11.8. The molecule has 0 aromatic carbocycles. The van der Waals surface area contributed by atoms with Gasteiger partial charge in [-0.15, -0.1) is 10.2 Å². The van der Waals surface area contributed by atoms with Gasteiger partial charge in [0.25, 0.3) is 0 Å². The summed E-state index contributed by atoms with van der Waals surface area (Å²) in [7, 11) is 0. The molecular formula is C14H20N4O. The minimum Gasteiger partial charge on any atom is -0.346 e. The topological polar surface area (TPSA) is 59.3 Å². The highest BCUT2D eigenvalue weighted by Gasteiger charge is 2.20. The Kier molecular flexibility index (Phi) is 3.55. The second-order valence-corrected chi connectivity index (χ2v) is 6.01. The number of nitrogens with zero attached hydrogens (tertiary/aromatic N) is 3. The zero-order chi connectivity index (χ0) is 14.0. The van der Waals surface area contributed by atoms with Crippen molar-refractivity contribution in [2.45, 2.75) is 40.2 Å². The molecule has 1 amide bonds. The summed E-state index contributed by atoms with van der Waals surface area (Å²) in [6.45, 7) is 8.06. The number of nitrogens with one attached hydrogen (secondary N) is 1. The fourth-order valence-electron chi connectivity index (χ4n) is 1.99. The second-order valence-electron chi connectivity index (χ2n) is 6.01. The van der Waals surface area contributed by atoms with E-state index in [1.165, 1.54) is 0 Å². The molecule has 5 heteroatoms. The monoisotopic (exact) mass is 260 g/mol. The van der Waals surface area contributed by atoms with E-state index in [2.05, 4.69) is 15.5 Å². The Morgan fingerprint density at radius 2 is 2.11 bits per heavy atom. The van der Waals surface area contributed by atoms with Crippen molar-refractivity contribution in [3.63, 3.8) is 0 Å². The van der Waals surface area contributed by atoms with Gasteiger partial charge in [-0.25, -0.2) is 0 Å². The van der Waals surface area contributed by atoms with Crippen LogP contribution >= 0.6 is 0 Å². The maximum Gasteiger partial charge on any atom is 0.221 e. The van der Waals surface area contributed by atoms with Gasteiger partial charge in [-0.3, -0.25) is 9.20 Å². The van der Waals surface area contributed by atoms with Crippen LogP contribution in [0.5, 0.6) is 0 Å². The molecule has 0 unspecified atom stereocenters. The minimum absolute atomic E-state index is 0.0171. The molecule has 5 nitrogen and oxygen atoms in total. The molecule has 102 valence electrons. The Balaban J connectivity index is 2.12. The first kappa shape index (κ1) is 13.5. The van der Waals surface area contributed by atoms with Crippen molar-refractivity contribution >= 4 is 11.6 Å². The maximum atomic E-state index is 11.9. The van der Waals surface area contributed by atoms with Gasteiger partial charge in [0.15, 0.2) is 11.5 Å². The third-order valence-electron chi connectivity index (χ3n) is 2.80. The molecule has 1 atom stereocenters. The van der Waals surface area contributed by atoms with Crippen LogP contribution in [0.25, 0.3) is 5.65 Å². The third kappa shape index (κ3) is 3.30. The predicted octanol–water partition coefficient (Wildman–Crippen LogP) is 2.34. The smallest absolute Gasteiger partial charge is 0.221 e. The molecule has 0 saturated heterocycles. The summed E-state index contributed by atoms with van der Waals surface area (Å²) in [6, 6.07) is 5.56. The highest BCUT2D eigenvalue weighted by molar-refractivity contribution is 5.76. The first-order chi connectivity index (χ1) is 8.87. The Morgan fingerprint density at radius 1 is 1.37 bits per heavy atom. The van der Waals surface area contributed by atoms with Gasteiger partial charge in [0.2, 0.25) is 5.91 Å². The van der Waals surface area contributed by atoms with Crippen LogP contribution in [-0.2, 0) is 4.79 Å². The molecule has 0 aliphatic carbocycles. The van der Waals surface area contributed by atoms with E-state index in [0.717, 1.165) is 11.5 Å². The molecule has 0 radical (unpaired) electrons. The van der Waals surface area contributed by atoms with Crippen molar-refractivity contribution in [3.8, 4) is 0 Å². The number of aromatic nitrogens is 3. The Hall–Kier alpha value is -1.91. The van der Waals surface area contributed by atoms with Crippen molar-refractivity contribution in [1.29, 1.82) is 0 Å². The molecule has 2 heterocycles. The summed E-state index contributed by atoms with van der Waals surface area (Å²) in [5.41, 5.74) is 0.769. The molecule has 0 fully saturated rings. The Bertz CT molecular complexity index is 582. The van der Waals surface area contributed by atoms with E-state index in [1.807, 2.05) is 56.5 Å². The van der Waals surface area contributed by atoms with Gasteiger partial charge in [-0.2, -0.15) is 0 Å². The van der Waals surface area contributed by atoms with Crippen molar-refractivity contribution < 1.29 is 4.79 Å². The van der Waals surface area contributed by atoms with E-state index in [1.54, 1.807) is 0 Å². The summed E-state index contributed by atoms with van der Waals surface area (Å²) < 4.78 is 1.89. The van der Waals surface area contributed by atoms with E-state index < -0.39 is 0 Å². The lowest BCUT2D eigenvalue weighted by Crippen LogP contribution is -2.30. The lowest BCUT2D eigenvalue weighted by molar-refractivity contribution is -0.123. The first-order valence-corrected chi connectivity index (χ1v) is 6.46. The lowest BCUT2D eigenvalue weighted by atomic mass is 9.92. The average molecular weight is 260 g/mol. The van der Waals surface area contributed by atoms with Crippen LogP contribution in [0.1, 0.15) is 46.0 Å². The second kappa shape index (κ2) is 4.99. The summed E-state index contributed by atoms with van der Waals surface area (Å²) in [4.78, 5) is 11.9. The van der Waals surface area contributed by atoms with Crippen LogP contribution in [0.15, 0.2) is 24.4 Å². The molecule has 0 spiro atoms. The molecule has 0 bridgehead atoms. The zero-order valence-corrected chi connectivity index (χ0v) is 11.8. The highest BCUT2D eigenvalue weighted by Crippen LogP contribution is 2.19. The van der Waals surface area contributed by atoms with Crippen LogP contribution in [0.4, 0.5) is 0 Å². The number of fused-ring (bicyclic) bond motifs is 1. The number of hydrogen-bond donors (Lipinski definition) is 1. The van der Waals surface area contributed by atoms with Crippen LogP contribution < -0.4 is 5.32 Å². The maximum absolute atomic E-state index is 11.9. The quantitative estimate of drug-likeness (QED) is 0.921. The fourth-order valence-corrected chi connectivity index (χ4v) is 1.99. The van der Waals surface area contributed by atoms with Crippen molar-refractivity contribution in [2.75, 3.05) is 0 Å². The normalized spacial score (nSPS) is 13.5. The SMILES string of the molecule is C[C@@H](NC(=O)CC(C)(C)C)c1nnc2ccccn12. The molecule has 0 saturated carbocycles. The molecule has 1 N–H and O–H groups in total. The third-order valence-corrected chi connectivity index (χ3v) is 2.80. The van der Waals surface area contributed by atoms with Crippen molar-refractivity contribution in [1.82, 2.24) is 19.9 Å². The van der Waals surface area contributed by atoms with Crippen LogP contribution in [-0.4, -0.2) is 20.5 Å². The highest BCUT2D eigenvalue weighted by atomic mass is 16.1. The molecular weight excluding hydrogens is 240 g/mol. The summed E-state index contributed by atoms with van der Waals surface area (Å²) in [5, 5.41) is 11.2. The van der Waals surface area contributed by atoms with E-state index in [4.69, 9.17) is 0 Å². The average Bonchev–Trinajstić information content (AvgIpc) is 2.69. The lowest BCUT2D eigenvalue weighted by Gasteiger charge is -2.19. The molecule has 0 aliphatic rings. The number of carbonyl (C=O) groups is 1. The van der Waals surface area contributed by atoms with Crippen LogP contribution in [0.2, 0.25) is 0 Å². The van der Waals surface area contributed by atoms with E-state index in [9.17, 15) is 4.79 Å². The van der Waals surface area contributed by atoms with Crippen LogP contribution in [0.3, 0.4) is 0 Å². The minimum atomic E-state index is -0.160. The number of hydrogen-bond acceptors (Lipinski definition) is 3. The molecule has 2 aromatic rings.